The molecular weight excluding hydrogens is 235 g/mol. The number of ether oxygens (including phenoxy) is 1. The lowest BCUT2D eigenvalue weighted by Gasteiger charge is -2.12. The van der Waals surface area contributed by atoms with Crippen molar-refractivity contribution in [3.05, 3.63) is 35.1 Å². The van der Waals surface area contributed by atoms with Crippen molar-refractivity contribution in [2.75, 3.05) is 7.11 Å². The number of hydrogen-bond donors (Lipinski definition) is 1. The molecular formula is C11H12F3NO2. The maximum Gasteiger partial charge on any atom is 0.322 e. The molecule has 6 heteroatoms. The van der Waals surface area contributed by atoms with Crippen molar-refractivity contribution in [1.29, 1.82) is 0 Å². The molecule has 1 aromatic rings. The van der Waals surface area contributed by atoms with Crippen LogP contribution >= 0.6 is 0 Å². The average Bonchev–Trinajstić information content (AvgIpc) is 2.30. The maximum absolute atomic E-state index is 13.2. The van der Waals surface area contributed by atoms with E-state index in [-0.39, 0.29) is 12.1 Å². The van der Waals surface area contributed by atoms with Crippen LogP contribution in [0.3, 0.4) is 0 Å². The molecule has 0 saturated carbocycles. The summed E-state index contributed by atoms with van der Waals surface area (Å²) in [5.74, 6) is -3.76. The van der Waals surface area contributed by atoms with Crippen molar-refractivity contribution in [2.45, 2.75) is 19.5 Å². The molecule has 0 radical (unpaired) electrons. The molecule has 0 bridgehead atoms. The van der Waals surface area contributed by atoms with Crippen LogP contribution in [0, 0.1) is 17.5 Å². The number of rotatable bonds is 4. The van der Waals surface area contributed by atoms with E-state index in [0.717, 1.165) is 6.07 Å². The van der Waals surface area contributed by atoms with Crippen molar-refractivity contribution in [3.63, 3.8) is 0 Å². The van der Waals surface area contributed by atoms with E-state index >= 15 is 0 Å². The Morgan fingerprint density at radius 2 is 1.88 bits per heavy atom. The van der Waals surface area contributed by atoms with Crippen molar-refractivity contribution in [2.24, 2.45) is 0 Å². The topological polar surface area (TPSA) is 38.3 Å². The number of nitrogens with one attached hydrogen (secondary N) is 1. The molecule has 1 aromatic carbocycles. The van der Waals surface area contributed by atoms with Crippen LogP contribution in [0.1, 0.15) is 12.5 Å². The number of esters is 1. The van der Waals surface area contributed by atoms with Crippen molar-refractivity contribution in [3.8, 4) is 0 Å². The highest BCUT2D eigenvalue weighted by Crippen LogP contribution is 2.13. The van der Waals surface area contributed by atoms with Crippen LogP contribution in [-0.4, -0.2) is 19.1 Å². The minimum atomic E-state index is -1.24. The molecule has 0 aliphatic rings. The summed E-state index contributed by atoms with van der Waals surface area (Å²) in [5.41, 5.74) is -0.0559. The molecule has 17 heavy (non-hydrogen) atoms. The Balaban J connectivity index is 2.70. The highest BCUT2D eigenvalue weighted by atomic mass is 19.2. The first-order valence-electron chi connectivity index (χ1n) is 4.90. The average molecular weight is 247 g/mol. The lowest BCUT2D eigenvalue weighted by Crippen LogP contribution is -2.34. The van der Waals surface area contributed by atoms with Gasteiger partial charge in [-0.2, -0.15) is 0 Å². The molecule has 0 saturated heterocycles. The summed E-state index contributed by atoms with van der Waals surface area (Å²) < 4.78 is 43.1. The Kier molecular flexibility index (Phi) is 4.51. The van der Waals surface area contributed by atoms with Gasteiger partial charge in [0.2, 0.25) is 0 Å². The van der Waals surface area contributed by atoms with Gasteiger partial charge in [-0.3, -0.25) is 4.79 Å². The largest absolute Gasteiger partial charge is 0.468 e. The van der Waals surface area contributed by atoms with E-state index < -0.39 is 29.5 Å². The fourth-order valence-corrected chi connectivity index (χ4v) is 1.22. The smallest absolute Gasteiger partial charge is 0.322 e. The Bertz CT molecular complexity index is 423. The fraction of sp³-hybridized carbons (Fsp3) is 0.364. The van der Waals surface area contributed by atoms with Gasteiger partial charge < -0.3 is 10.1 Å². The monoisotopic (exact) mass is 247 g/mol. The molecule has 1 atom stereocenters. The number of hydrogen-bond acceptors (Lipinski definition) is 3. The second-order valence-electron chi connectivity index (χ2n) is 3.48. The Labute approximate surface area is 96.6 Å². The van der Waals surface area contributed by atoms with Crippen LogP contribution in [0.25, 0.3) is 0 Å². The first-order valence-corrected chi connectivity index (χ1v) is 4.90. The van der Waals surface area contributed by atoms with Gasteiger partial charge in [0.05, 0.1) is 7.11 Å². The molecule has 0 amide bonds. The van der Waals surface area contributed by atoms with Gasteiger partial charge >= 0.3 is 5.97 Å². The number of carbonyl (C=O) groups is 1. The highest BCUT2D eigenvalue weighted by molar-refractivity contribution is 5.75. The summed E-state index contributed by atoms with van der Waals surface area (Å²) in [5, 5.41) is 2.63. The highest BCUT2D eigenvalue weighted by Gasteiger charge is 2.14. The van der Waals surface area contributed by atoms with E-state index in [1.165, 1.54) is 14.0 Å². The Morgan fingerprint density at radius 1 is 1.29 bits per heavy atom. The van der Waals surface area contributed by atoms with E-state index in [1.807, 2.05) is 0 Å². The van der Waals surface area contributed by atoms with Crippen molar-refractivity contribution < 1.29 is 22.7 Å². The maximum atomic E-state index is 13.2. The van der Waals surface area contributed by atoms with Crippen LogP contribution in [0.5, 0.6) is 0 Å². The second-order valence-corrected chi connectivity index (χ2v) is 3.48. The third-order valence-corrected chi connectivity index (χ3v) is 2.24. The van der Waals surface area contributed by atoms with Gasteiger partial charge in [-0.25, -0.2) is 13.2 Å². The number of methoxy groups -OCH3 is 1. The van der Waals surface area contributed by atoms with Gasteiger partial charge in [0.1, 0.15) is 11.9 Å². The number of benzene rings is 1. The first-order chi connectivity index (χ1) is 7.95. The summed E-state index contributed by atoms with van der Waals surface area (Å²) in [6.45, 7) is 1.42. The molecule has 0 heterocycles. The van der Waals surface area contributed by atoms with E-state index in [0.29, 0.717) is 6.07 Å². The molecule has 0 aromatic heterocycles. The molecule has 94 valence electrons. The van der Waals surface area contributed by atoms with Gasteiger partial charge in [0.25, 0.3) is 0 Å². The van der Waals surface area contributed by atoms with E-state index in [4.69, 9.17) is 0 Å². The zero-order valence-corrected chi connectivity index (χ0v) is 9.39. The molecule has 0 aliphatic heterocycles. The molecule has 0 spiro atoms. The van der Waals surface area contributed by atoms with Crippen LogP contribution in [-0.2, 0) is 16.1 Å². The van der Waals surface area contributed by atoms with Gasteiger partial charge in [-0.1, -0.05) is 0 Å². The van der Waals surface area contributed by atoms with Gasteiger partial charge in [-0.05, 0) is 13.0 Å². The van der Waals surface area contributed by atoms with Gasteiger partial charge in [0.15, 0.2) is 11.6 Å². The summed E-state index contributed by atoms with van der Waals surface area (Å²) in [7, 11) is 1.22. The molecule has 3 nitrogen and oxygen atoms in total. The van der Waals surface area contributed by atoms with E-state index in [2.05, 4.69) is 10.1 Å². The van der Waals surface area contributed by atoms with E-state index in [9.17, 15) is 18.0 Å². The van der Waals surface area contributed by atoms with Crippen molar-refractivity contribution in [1.82, 2.24) is 5.32 Å². The summed E-state index contributed by atoms with van der Waals surface area (Å²) >= 11 is 0. The van der Waals surface area contributed by atoms with Gasteiger partial charge in [0, 0.05) is 18.2 Å². The fourth-order valence-electron chi connectivity index (χ4n) is 1.22. The third-order valence-electron chi connectivity index (χ3n) is 2.24. The van der Waals surface area contributed by atoms with Crippen LogP contribution in [0.2, 0.25) is 0 Å². The lowest BCUT2D eigenvalue weighted by atomic mass is 10.2. The van der Waals surface area contributed by atoms with Crippen LogP contribution < -0.4 is 5.32 Å². The van der Waals surface area contributed by atoms with Crippen LogP contribution in [0.4, 0.5) is 13.2 Å². The predicted molar refractivity (Wildman–Crippen MR) is 54.6 cm³/mol. The SMILES string of the molecule is COC(=O)[C@H](C)NCc1cc(F)c(F)cc1F. The normalized spacial score (nSPS) is 12.3. The van der Waals surface area contributed by atoms with E-state index in [1.54, 1.807) is 0 Å². The summed E-state index contributed by atoms with van der Waals surface area (Å²) in [6, 6.07) is 0.559. The quantitative estimate of drug-likeness (QED) is 0.650. The first kappa shape index (κ1) is 13.5. The van der Waals surface area contributed by atoms with Crippen molar-refractivity contribution >= 4 is 5.97 Å². The third kappa shape index (κ3) is 3.45. The zero-order valence-electron chi connectivity index (χ0n) is 9.39. The zero-order chi connectivity index (χ0) is 13.0. The molecule has 0 unspecified atom stereocenters. The Hall–Kier alpha value is -1.56. The number of carbonyl (C=O) groups excluding carboxylic acids is 1. The molecule has 1 N–H and O–H groups in total. The lowest BCUT2D eigenvalue weighted by molar-refractivity contribution is -0.142. The minimum Gasteiger partial charge on any atom is -0.468 e. The van der Waals surface area contributed by atoms with Gasteiger partial charge in [-0.15, -0.1) is 0 Å². The second kappa shape index (κ2) is 5.67. The molecule has 0 fully saturated rings. The number of halogens is 3. The summed E-state index contributed by atoms with van der Waals surface area (Å²) in [6.07, 6.45) is 0. The molecule has 0 aliphatic carbocycles. The Morgan fingerprint density at radius 3 is 2.47 bits per heavy atom. The standard InChI is InChI=1S/C11H12F3NO2/c1-6(11(16)17-2)15-5-7-3-9(13)10(14)4-8(7)12/h3-4,6,15H,5H2,1-2H3/t6-/m0/s1. The minimum absolute atomic E-state index is 0.0559. The van der Waals surface area contributed by atoms with Crippen LogP contribution in [0.15, 0.2) is 12.1 Å². The molecule has 1 rings (SSSR count). The predicted octanol–water partition coefficient (Wildman–Crippen LogP) is 1.75. The summed E-state index contributed by atoms with van der Waals surface area (Å²) in [4.78, 5) is 11.0.